The second kappa shape index (κ2) is 5.52. The maximum absolute atomic E-state index is 10.7. The van der Waals surface area contributed by atoms with Crippen molar-refractivity contribution in [1.82, 2.24) is 14.9 Å². The minimum absolute atomic E-state index is 0.0532. The van der Waals surface area contributed by atoms with E-state index in [0.717, 1.165) is 37.4 Å². The van der Waals surface area contributed by atoms with Crippen LogP contribution in [0.4, 0.5) is 0 Å². The highest BCUT2D eigenvalue weighted by molar-refractivity contribution is 5.67. The quantitative estimate of drug-likeness (QED) is 0.856. The molecule has 5 heteroatoms. The van der Waals surface area contributed by atoms with Crippen LogP contribution in [0.3, 0.4) is 0 Å². The minimum Gasteiger partial charge on any atom is -0.481 e. The van der Waals surface area contributed by atoms with Crippen LogP contribution in [0.5, 0.6) is 0 Å². The Morgan fingerprint density at radius 1 is 1.61 bits per heavy atom. The summed E-state index contributed by atoms with van der Waals surface area (Å²) >= 11 is 0. The van der Waals surface area contributed by atoms with E-state index in [4.69, 9.17) is 5.11 Å². The SMILES string of the molecule is CC(CC(=O)O)c1ncc(C2CCN(C)CC2)[nH]1. The molecule has 1 atom stereocenters. The highest BCUT2D eigenvalue weighted by Crippen LogP contribution is 2.27. The lowest BCUT2D eigenvalue weighted by Crippen LogP contribution is -2.29. The molecule has 0 aromatic carbocycles. The lowest BCUT2D eigenvalue weighted by molar-refractivity contribution is -0.137. The average Bonchev–Trinajstić information content (AvgIpc) is 2.78. The Morgan fingerprint density at radius 2 is 2.28 bits per heavy atom. The topological polar surface area (TPSA) is 69.2 Å². The molecule has 2 N–H and O–H groups in total. The second-order valence-electron chi connectivity index (χ2n) is 5.30. The number of aromatic nitrogens is 2. The average molecular weight is 251 g/mol. The summed E-state index contributed by atoms with van der Waals surface area (Å²) < 4.78 is 0. The Labute approximate surface area is 107 Å². The molecule has 1 unspecified atom stereocenters. The van der Waals surface area contributed by atoms with Gasteiger partial charge in [-0.3, -0.25) is 4.79 Å². The fourth-order valence-electron chi connectivity index (χ4n) is 2.49. The Balaban J connectivity index is 1.99. The van der Waals surface area contributed by atoms with Crippen molar-refractivity contribution in [2.75, 3.05) is 20.1 Å². The number of aromatic amines is 1. The van der Waals surface area contributed by atoms with Gasteiger partial charge in [0.2, 0.25) is 0 Å². The van der Waals surface area contributed by atoms with Crippen LogP contribution in [0.1, 0.15) is 49.5 Å². The summed E-state index contributed by atoms with van der Waals surface area (Å²) in [5.41, 5.74) is 1.16. The zero-order valence-corrected chi connectivity index (χ0v) is 11.0. The van der Waals surface area contributed by atoms with E-state index in [1.807, 2.05) is 13.1 Å². The smallest absolute Gasteiger partial charge is 0.304 e. The first-order valence-electron chi connectivity index (χ1n) is 6.51. The van der Waals surface area contributed by atoms with Gasteiger partial charge in [-0.15, -0.1) is 0 Å². The molecule has 1 aliphatic heterocycles. The molecular formula is C13H21N3O2. The molecule has 1 aliphatic rings. The number of aliphatic carboxylic acids is 1. The normalized spacial score (nSPS) is 19.9. The molecule has 1 aromatic heterocycles. The fraction of sp³-hybridized carbons (Fsp3) is 0.692. The van der Waals surface area contributed by atoms with Gasteiger partial charge in [0.25, 0.3) is 0 Å². The number of H-pyrrole nitrogens is 1. The number of rotatable bonds is 4. The monoisotopic (exact) mass is 251 g/mol. The van der Waals surface area contributed by atoms with Gasteiger partial charge in [0, 0.05) is 23.7 Å². The number of carboxylic acid groups (broad SMARTS) is 1. The number of hydrogen-bond donors (Lipinski definition) is 2. The standard InChI is InChI=1S/C13H21N3O2/c1-9(7-12(17)18)13-14-8-11(15-13)10-3-5-16(2)6-4-10/h8-10H,3-7H2,1-2H3,(H,14,15)(H,17,18). The van der Waals surface area contributed by atoms with Crippen molar-refractivity contribution >= 4 is 5.97 Å². The van der Waals surface area contributed by atoms with Gasteiger partial charge < -0.3 is 15.0 Å². The lowest BCUT2D eigenvalue weighted by atomic mass is 9.94. The van der Waals surface area contributed by atoms with Gasteiger partial charge in [0.05, 0.1) is 6.42 Å². The van der Waals surface area contributed by atoms with Gasteiger partial charge >= 0.3 is 5.97 Å². The third-order valence-electron chi connectivity index (χ3n) is 3.72. The Kier molecular flexibility index (Phi) is 4.01. The van der Waals surface area contributed by atoms with Crippen molar-refractivity contribution in [3.63, 3.8) is 0 Å². The van der Waals surface area contributed by atoms with Crippen LogP contribution in [0.25, 0.3) is 0 Å². The maximum Gasteiger partial charge on any atom is 0.304 e. The molecule has 1 saturated heterocycles. The molecule has 2 rings (SSSR count). The Bertz CT molecular complexity index is 408. The molecule has 0 aliphatic carbocycles. The van der Waals surface area contributed by atoms with Gasteiger partial charge in [-0.2, -0.15) is 0 Å². The predicted octanol–water partition coefficient (Wildman–Crippen LogP) is 1.80. The zero-order valence-electron chi connectivity index (χ0n) is 11.0. The number of carbonyl (C=O) groups is 1. The first kappa shape index (κ1) is 13.1. The van der Waals surface area contributed by atoms with Crippen molar-refractivity contribution < 1.29 is 9.90 Å². The lowest BCUT2D eigenvalue weighted by Gasteiger charge is -2.28. The van der Waals surface area contributed by atoms with E-state index >= 15 is 0 Å². The number of nitrogens with zero attached hydrogens (tertiary/aromatic N) is 2. The van der Waals surface area contributed by atoms with Crippen LogP contribution < -0.4 is 0 Å². The highest BCUT2D eigenvalue weighted by Gasteiger charge is 2.21. The van der Waals surface area contributed by atoms with E-state index in [2.05, 4.69) is 21.9 Å². The Morgan fingerprint density at radius 3 is 2.89 bits per heavy atom. The summed E-state index contributed by atoms with van der Waals surface area (Å²) in [5.74, 6) is 0.507. The number of nitrogens with one attached hydrogen (secondary N) is 1. The molecule has 1 fully saturated rings. The van der Waals surface area contributed by atoms with Crippen molar-refractivity contribution in [3.05, 3.63) is 17.7 Å². The molecule has 100 valence electrons. The van der Waals surface area contributed by atoms with Gasteiger partial charge in [0.15, 0.2) is 0 Å². The van der Waals surface area contributed by atoms with Crippen LogP contribution in [-0.4, -0.2) is 46.1 Å². The van der Waals surface area contributed by atoms with Crippen LogP contribution in [-0.2, 0) is 4.79 Å². The molecule has 1 aromatic rings. The summed E-state index contributed by atoms with van der Waals surface area (Å²) in [7, 11) is 2.14. The number of hydrogen-bond acceptors (Lipinski definition) is 3. The van der Waals surface area contributed by atoms with Crippen molar-refractivity contribution in [1.29, 1.82) is 0 Å². The number of piperidine rings is 1. The first-order chi connectivity index (χ1) is 8.56. The van der Waals surface area contributed by atoms with Crippen LogP contribution in [0, 0.1) is 0 Å². The summed E-state index contributed by atoms with van der Waals surface area (Å²) in [4.78, 5) is 20.7. The third kappa shape index (κ3) is 3.10. The van der Waals surface area contributed by atoms with E-state index in [-0.39, 0.29) is 12.3 Å². The highest BCUT2D eigenvalue weighted by atomic mass is 16.4. The molecular weight excluding hydrogens is 230 g/mol. The molecule has 18 heavy (non-hydrogen) atoms. The minimum atomic E-state index is -0.778. The molecule has 0 bridgehead atoms. The van der Waals surface area contributed by atoms with Crippen LogP contribution in [0.15, 0.2) is 6.20 Å². The first-order valence-corrected chi connectivity index (χ1v) is 6.51. The van der Waals surface area contributed by atoms with Crippen molar-refractivity contribution in [3.8, 4) is 0 Å². The molecule has 5 nitrogen and oxygen atoms in total. The van der Waals surface area contributed by atoms with Gasteiger partial charge in [-0.25, -0.2) is 4.98 Å². The van der Waals surface area contributed by atoms with E-state index < -0.39 is 5.97 Å². The summed E-state index contributed by atoms with van der Waals surface area (Å²) in [6, 6.07) is 0. The summed E-state index contributed by atoms with van der Waals surface area (Å²) in [6.45, 7) is 4.12. The fourth-order valence-corrected chi connectivity index (χ4v) is 2.49. The van der Waals surface area contributed by atoms with Crippen LogP contribution >= 0.6 is 0 Å². The maximum atomic E-state index is 10.7. The van der Waals surface area contributed by atoms with Crippen molar-refractivity contribution in [2.45, 2.75) is 38.0 Å². The molecule has 0 amide bonds. The van der Waals surface area contributed by atoms with Gasteiger partial charge in [-0.05, 0) is 33.0 Å². The summed E-state index contributed by atoms with van der Waals surface area (Å²) in [6.07, 6.45) is 4.29. The van der Waals surface area contributed by atoms with E-state index in [9.17, 15) is 4.79 Å². The number of likely N-dealkylation sites (tertiary alicyclic amines) is 1. The molecule has 0 spiro atoms. The van der Waals surface area contributed by atoms with E-state index in [0.29, 0.717) is 5.92 Å². The molecule has 2 heterocycles. The zero-order chi connectivity index (χ0) is 13.1. The van der Waals surface area contributed by atoms with E-state index in [1.54, 1.807) is 0 Å². The largest absolute Gasteiger partial charge is 0.481 e. The Hall–Kier alpha value is -1.36. The van der Waals surface area contributed by atoms with Crippen molar-refractivity contribution in [2.24, 2.45) is 0 Å². The van der Waals surface area contributed by atoms with Crippen LogP contribution in [0.2, 0.25) is 0 Å². The number of carboxylic acids is 1. The van der Waals surface area contributed by atoms with Gasteiger partial charge in [-0.1, -0.05) is 6.92 Å². The number of imidazole rings is 1. The summed E-state index contributed by atoms with van der Waals surface area (Å²) in [5, 5.41) is 8.78. The second-order valence-corrected chi connectivity index (χ2v) is 5.30. The van der Waals surface area contributed by atoms with Gasteiger partial charge in [0.1, 0.15) is 5.82 Å². The van der Waals surface area contributed by atoms with E-state index in [1.165, 1.54) is 0 Å². The predicted molar refractivity (Wildman–Crippen MR) is 68.7 cm³/mol. The molecule has 0 radical (unpaired) electrons. The molecule has 0 saturated carbocycles. The third-order valence-corrected chi connectivity index (χ3v) is 3.72.